The van der Waals surface area contributed by atoms with Gasteiger partial charge in [0.05, 0.1) is 13.7 Å². The van der Waals surface area contributed by atoms with Crippen LogP contribution >= 0.6 is 0 Å². The third kappa shape index (κ3) is 4.09. The number of benzene rings is 1. The number of carbonyl (C=O) groups is 1. The lowest BCUT2D eigenvalue weighted by atomic mass is 9.89. The Morgan fingerprint density at radius 2 is 1.88 bits per heavy atom. The number of carbonyl (C=O) groups excluding carboxylic acids is 1. The second kappa shape index (κ2) is 7.81. The van der Waals surface area contributed by atoms with Crippen LogP contribution in [-0.2, 0) is 9.53 Å². The fraction of sp³-hybridized carbons (Fsp3) is 0.438. The van der Waals surface area contributed by atoms with Crippen molar-refractivity contribution >= 4 is 11.5 Å². The molecule has 0 spiro atoms. The van der Waals surface area contributed by atoms with Gasteiger partial charge in [0, 0.05) is 12.0 Å². The van der Waals surface area contributed by atoms with Crippen molar-refractivity contribution in [2.75, 3.05) is 13.7 Å². The number of rotatable bonds is 6. The maximum absolute atomic E-state index is 13.8. The molecule has 1 atom stereocenters. The van der Waals surface area contributed by atoms with Gasteiger partial charge in [0.1, 0.15) is 0 Å². The Hall–Kier alpha value is -2.16. The summed E-state index contributed by atoms with van der Waals surface area (Å²) < 4.78 is 75.9. The molecule has 0 saturated carbocycles. The molecule has 0 heterocycles. The molecule has 4 nitrogen and oxygen atoms in total. The van der Waals surface area contributed by atoms with Gasteiger partial charge in [-0.15, -0.1) is 0 Å². The molecule has 0 aliphatic rings. The summed E-state index contributed by atoms with van der Waals surface area (Å²) in [5.41, 5.74) is -4.35. The van der Waals surface area contributed by atoms with Crippen molar-refractivity contribution in [1.82, 2.24) is 0 Å². The molecule has 140 valence electrons. The van der Waals surface area contributed by atoms with Gasteiger partial charge >= 0.3 is 12.1 Å². The standard InChI is InChI=1S/C16H17F5O4/c1-4-9(10-6-7-11(17)12(18)13(10)24-3)8-15(23,16(19,20)21)14(22)25-5-2/h4,6-7,23H,5,8H2,1-3H3/b9-4-. The molecular formula is C16H17F5O4. The van der Waals surface area contributed by atoms with Crippen molar-refractivity contribution in [3.63, 3.8) is 0 Å². The summed E-state index contributed by atoms with van der Waals surface area (Å²) in [7, 11) is 1.01. The molecule has 0 aliphatic carbocycles. The van der Waals surface area contributed by atoms with E-state index in [9.17, 15) is 31.9 Å². The normalized spacial score (nSPS) is 14.8. The molecule has 1 N–H and O–H groups in total. The van der Waals surface area contributed by atoms with Crippen LogP contribution in [0.1, 0.15) is 25.8 Å². The zero-order chi connectivity index (χ0) is 19.4. The second-order valence-corrected chi connectivity index (χ2v) is 5.01. The van der Waals surface area contributed by atoms with Gasteiger partial charge in [-0.1, -0.05) is 6.08 Å². The van der Waals surface area contributed by atoms with E-state index in [-0.39, 0.29) is 17.7 Å². The van der Waals surface area contributed by atoms with Crippen LogP contribution in [0.15, 0.2) is 18.2 Å². The smallest absolute Gasteiger partial charge is 0.428 e. The van der Waals surface area contributed by atoms with Gasteiger partial charge in [-0.05, 0) is 31.6 Å². The number of ether oxygens (including phenoxy) is 2. The van der Waals surface area contributed by atoms with Gasteiger partial charge in [0.15, 0.2) is 11.6 Å². The van der Waals surface area contributed by atoms with E-state index in [1.807, 2.05) is 0 Å². The van der Waals surface area contributed by atoms with E-state index in [0.717, 1.165) is 19.3 Å². The third-order valence-electron chi connectivity index (χ3n) is 3.48. The number of esters is 1. The predicted molar refractivity (Wildman–Crippen MR) is 78.8 cm³/mol. The second-order valence-electron chi connectivity index (χ2n) is 5.01. The van der Waals surface area contributed by atoms with Crippen molar-refractivity contribution < 1.29 is 41.3 Å². The summed E-state index contributed by atoms with van der Waals surface area (Å²) in [6.45, 7) is 2.22. The number of alkyl halides is 3. The fourth-order valence-electron chi connectivity index (χ4n) is 2.15. The van der Waals surface area contributed by atoms with Gasteiger partial charge in [-0.25, -0.2) is 9.18 Å². The lowest BCUT2D eigenvalue weighted by molar-refractivity contribution is -0.260. The molecule has 0 bridgehead atoms. The molecule has 0 aromatic heterocycles. The first-order chi connectivity index (χ1) is 11.5. The van der Waals surface area contributed by atoms with Crippen LogP contribution in [0, 0.1) is 11.6 Å². The van der Waals surface area contributed by atoms with E-state index < -0.39 is 41.6 Å². The monoisotopic (exact) mass is 368 g/mol. The molecule has 25 heavy (non-hydrogen) atoms. The fourth-order valence-corrected chi connectivity index (χ4v) is 2.15. The maximum atomic E-state index is 13.8. The van der Waals surface area contributed by atoms with E-state index in [2.05, 4.69) is 4.74 Å². The minimum Gasteiger partial charge on any atom is -0.493 e. The average molecular weight is 368 g/mol. The molecule has 0 radical (unpaired) electrons. The van der Waals surface area contributed by atoms with E-state index in [1.54, 1.807) is 0 Å². The number of hydrogen-bond acceptors (Lipinski definition) is 4. The highest BCUT2D eigenvalue weighted by Gasteiger charge is 2.61. The molecule has 0 saturated heterocycles. The largest absolute Gasteiger partial charge is 0.493 e. The maximum Gasteiger partial charge on any atom is 0.428 e. The summed E-state index contributed by atoms with van der Waals surface area (Å²) in [5, 5.41) is 9.95. The number of aliphatic hydroxyl groups is 1. The Bertz CT molecular complexity index is 669. The first-order valence-corrected chi connectivity index (χ1v) is 7.17. The Kier molecular flexibility index (Phi) is 6.53. The van der Waals surface area contributed by atoms with E-state index >= 15 is 0 Å². The molecule has 0 amide bonds. The topological polar surface area (TPSA) is 55.8 Å². The van der Waals surface area contributed by atoms with Crippen molar-refractivity contribution in [1.29, 1.82) is 0 Å². The molecule has 1 rings (SSSR count). The zero-order valence-electron chi connectivity index (χ0n) is 13.7. The Morgan fingerprint density at radius 3 is 2.32 bits per heavy atom. The number of halogens is 5. The minimum atomic E-state index is -5.35. The lowest BCUT2D eigenvalue weighted by Crippen LogP contribution is -2.53. The highest BCUT2D eigenvalue weighted by atomic mass is 19.4. The zero-order valence-corrected chi connectivity index (χ0v) is 13.7. The summed E-state index contributed by atoms with van der Waals surface area (Å²) in [5.74, 6) is -5.18. The van der Waals surface area contributed by atoms with E-state index in [4.69, 9.17) is 4.74 Å². The summed E-state index contributed by atoms with van der Waals surface area (Å²) in [6.07, 6.45) is -5.47. The number of methoxy groups -OCH3 is 1. The first kappa shape index (κ1) is 20.9. The minimum absolute atomic E-state index is 0.226. The summed E-state index contributed by atoms with van der Waals surface area (Å²) in [4.78, 5) is 11.7. The first-order valence-electron chi connectivity index (χ1n) is 7.17. The predicted octanol–water partition coefficient (Wildman–Crippen LogP) is 3.62. The van der Waals surface area contributed by atoms with Crippen molar-refractivity contribution in [3.8, 4) is 5.75 Å². The number of hydrogen-bond donors (Lipinski definition) is 1. The van der Waals surface area contributed by atoms with Gasteiger partial charge in [0.2, 0.25) is 5.82 Å². The van der Waals surface area contributed by atoms with Crippen LogP contribution < -0.4 is 4.74 Å². The highest BCUT2D eigenvalue weighted by molar-refractivity contribution is 5.84. The Morgan fingerprint density at radius 1 is 1.28 bits per heavy atom. The van der Waals surface area contributed by atoms with Crippen molar-refractivity contribution in [3.05, 3.63) is 35.4 Å². The van der Waals surface area contributed by atoms with Crippen LogP contribution in [0.2, 0.25) is 0 Å². The molecule has 0 fully saturated rings. The SMILES string of the molecule is C/C=C(/CC(O)(C(=O)OCC)C(F)(F)F)c1ccc(F)c(F)c1OC. The van der Waals surface area contributed by atoms with Gasteiger partial charge in [-0.3, -0.25) is 0 Å². The van der Waals surface area contributed by atoms with Crippen molar-refractivity contribution in [2.24, 2.45) is 0 Å². The van der Waals surface area contributed by atoms with Gasteiger partial charge < -0.3 is 14.6 Å². The lowest BCUT2D eigenvalue weighted by Gasteiger charge is -2.29. The third-order valence-corrected chi connectivity index (χ3v) is 3.48. The summed E-state index contributed by atoms with van der Waals surface area (Å²) >= 11 is 0. The Balaban J connectivity index is 3.42. The molecule has 1 unspecified atom stereocenters. The van der Waals surface area contributed by atoms with Crippen LogP contribution in [-0.4, -0.2) is 36.6 Å². The molecule has 9 heteroatoms. The molecule has 0 aliphatic heterocycles. The van der Waals surface area contributed by atoms with Crippen molar-refractivity contribution in [2.45, 2.75) is 32.0 Å². The number of allylic oxidation sites excluding steroid dienone is 1. The van der Waals surface area contributed by atoms with Crippen LogP contribution in [0.25, 0.3) is 5.57 Å². The van der Waals surface area contributed by atoms with Crippen LogP contribution in [0.4, 0.5) is 22.0 Å². The van der Waals surface area contributed by atoms with Gasteiger partial charge in [0.25, 0.3) is 5.60 Å². The van der Waals surface area contributed by atoms with Crippen LogP contribution in [0.5, 0.6) is 5.75 Å². The molecule has 1 aromatic carbocycles. The quantitative estimate of drug-likeness (QED) is 0.616. The van der Waals surface area contributed by atoms with E-state index in [0.29, 0.717) is 6.07 Å². The molecule has 1 aromatic rings. The van der Waals surface area contributed by atoms with Gasteiger partial charge in [-0.2, -0.15) is 17.6 Å². The Labute approximate surface area is 140 Å². The van der Waals surface area contributed by atoms with Crippen LogP contribution in [0.3, 0.4) is 0 Å². The average Bonchev–Trinajstić information content (AvgIpc) is 2.54. The highest BCUT2D eigenvalue weighted by Crippen LogP contribution is 2.41. The van der Waals surface area contributed by atoms with E-state index in [1.165, 1.54) is 13.8 Å². The summed E-state index contributed by atoms with van der Waals surface area (Å²) in [6, 6.07) is 1.70. The molecular weight excluding hydrogens is 351 g/mol.